The molecule has 0 radical (unpaired) electrons. The third kappa shape index (κ3) is 2.00. The Labute approximate surface area is 110 Å². The summed E-state index contributed by atoms with van der Waals surface area (Å²) in [5.41, 5.74) is -0.889. The molecular weight excluding hydrogens is 248 g/mol. The SMILES string of the molecule is COCN1C(=O)NC(=O)C(C)(c2ccccc2)C1=O. The number of hydrogen-bond acceptors (Lipinski definition) is 4. The highest BCUT2D eigenvalue weighted by atomic mass is 16.5. The van der Waals surface area contributed by atoms with E-state index in [0.29, 0.717) is 5.56 Å². The first-order valence-electron chi connectivity index (χ1n) is 5.73. The van der Waals surface area contributed by atoms with Crippen molar-refractivity contribution in [3.8, 4) is 0 Å². The third-order valence-corrected chi connectivity index (χ3v) is 3.20. The van der Waals surface area contributed by atoms with Crippen molar-refractivity contribution in [1.82, 2.24) is 10.2 Å². The minimum Gasteiger partial charge on any atom is -0.364 e. The highest BCUT2D eigenvalue weighted by Gasteiger charge is 2.51. The molecule has 1 unspecified atom stereocenters. The maximum Gasteiger partial charge on any atom is 0.332 e. The highest BCUT2D eigenvalue weighted by Crippen LogP contribution is 2.29. The molecular formula is C13H14N2O4. The summed E-state index contributed by atoms with van der Waals surface area (Å²) in [7, 11) is 1.37. The van der Waals surface area contributed by atoms with Crippen LogP contribution in [-0.4, -0.2) is 36.6 Å². The van der Waals surface area contributed by atoms with Crippen molar-refractivity contribution in [2.24, 2.45) is 0 Å². The molecule has 0 bridgehead atoms. The largest absolute Gasteiger partial charge is 0.364 e. The molecule has 1 atom stereocenters. The molecule has 4 amide bonds. The second-order valence-electron chi connectivity index (χ2n) is 4.40. The first kappa shape index (κ1) is 13.2. The standard InChI is InChI=1S/C13H14N2O4/c1-13(9-6-4-3-5-7-9)10(16)14-12(18)15(8-19-2)11(13)17/h3-7H,8H2,1-2H3,(H,14,16,18). The van der Waals surface area contributed by atoms with Crippen LogP contribution in [0.4, 0.5) is 4.79 Å². The summed E-state index contributed by atoms with van der Waals surface area (Å²) < 4.78 is 4.82. The molecule has 1 aromatic carbocycles. The summed E-state index contributed by atoms with van der Waals surface area (Å²) in [6.07, 6.45) is 0. The number of nitrogens with zero attached hydrogens (tertiary/aromatic N) is 1. The molecule has 1 heterocycles. The van der Waals surface area contributed by atoms with Crippen LogP contribution >= 0.6 is 0 Å². The molecule has 1 aliphatic heterocycles. The lowest BCUT2D eigenvalue weighted by Crippen LogP contribution is -2.65. The van der Waals surface area contributed by atoms with Gasteiger partial charge in [-0.3, -0.25) is 14.9 Å². The molecule has 1 saturated heterocycles. The zero-order valence-corrected chi connectivity index (χ0v) is 10.7. The van der Waals surface area contributed by atoms with E-state index in [1.165, 1.54) is 14.0 Å². The number of nitrogens with one attached hydrogen (secondary N) is 1. The van der Waals surface area contributed by atoms with Crippen LogP contribution in [0.15, 0.2) is 30.3 Å². The fourth-order valence-electron chi connectivity index (χ4n) is 2.02. The molecule has 0 aliphatic carbocycles. The van der Waals surface area contributed by atoms with Gasteiger partial charge in [0.05, 0.1) is 0 Å². The van der Waals surface area contributed by atoms with E-state index in [-0.39, 0.29) is 6.73 Å². The Bertz CT molecular complexity index is 529. The predicted molar refractivity (Wildman–Crippen MR) is 66.1 cm³/mol. The van der Waals surface area contributed by atoms with Crippen LogP contribution in [0.5, 0.6) is 0 Å². The van der Waals surface area contributed by atoms with Crippen LogP contribution in [0.1, 0.15) is 12.5 Å². The topological polar surface area (TPSA) is 75.7 Å². The van der Waals surface area contributed by atoms with Gasteiger partial charge in [0.2, 0.25) is 5.91 Å². The van der Waals surface area contributed by atoms with Crippen LogP contribution in [0.3, 0.4) is 0 Å². The smallest absolute Gasteiger partial charge is 0.332 e. The number of carbonyl (C=O) groups is 3. The van der Waals surface area contributed by atoms with E-state index in [1.54, 1.807) is 30.3 Å². The van der Waals surface area contributed by atoms with Crippen molar-refractivity contribution in [3.05, 3.63) is 35.9 Å². The number of rotatable bonds is 3. The minimum atomic E-state index is -1.42. The Balaban J connectivity index is 2.46. The van der Waals surface area contributed by atoms with Crippen molar-refractivity contribution in [2.75, 3.05) is 13.8 Å². The van der Waals surface area contributed by atoms with E-state index < -0.39 is 23.3 Å². The Morgan fingerprint density at radius 2 is 1.84 bits per heavy atom. The quantitative estimate of drug-likeness (QED) is 0.810. The average Bonchev–Trinajstić information content (AvgIpc) is 2.42. The molecule has 6 nitrogen and oxygen atoms in total. The monoisotopic (exact) mass is 262 g/mol. The van der Waals surface area contributed by atoms with Gasteiger partial charge in [-0.2, -0.15) is 0 Å². The molecule has 1 N–H and O–H groups in total. The number of hydrogen-bond donors (Lipinski definition) is 1. The van der Waals surface area contributed by atoms with Gasteiger partial charge in [-0.1, -0.05) is 30.3 Å². The Morgan fingerprint density at radius 3 is 2.42 bits per heavy atom. The van der Waals surface area contributed by atoms with Crippen molar-refractivity contribution in [2.45, 2.75) is 12.3 Å². The Hall–Kier alpha value is -2.21. The van der Waals surface area contributed by atoms with Gasteiger partial charge in [0.25, 0.3) is 5.91 Å². The van der Waals surface area contributed by atoms with Crippen molar-refractivity contribution >= 4 is 17.8 Å². The molecule has 0 saturated carbocycles. The van der Waals surface area contributed by atoms with Crippen LogP contribution in [0.25, 0.3) is 0 Å². The van der Waals surface area contributed by atoms with Crippen molar-refractivity contribution in [3.63, 3.8) is 0 Å². The number of urea groups is 1. The first-order valence-corrected chi connectivity index (χ1v) is 5.73. The van der Waals surface area contributed by atoms with Gasteiger partial charge in [-0.25, -0.2) is 9.69 Å². The summed E-state index contributed by atoms with van der Waals surface area (Å²) in [4.78, 5) is 37.0. The fourth-order valence-corrected chi connectivity index (χ4v) is 2.02. The zero-order chi connectivity index (χ0) is 14.0. The lowest BCUT2D eigenvalue weighted by atomic mass is 9.79. The number of amides is 4. The predicted octanol–water partition coefficient (Wildman–Crippen LogP) is 0.627. The summed E-state index contributed by atoms with van der Waals surface area (Å²) in [5, 5.41) is 2.18. The number of methoxy groups -OCH3 is 1. The molecule has 19 heavy (non-hydrogen) atoms. The molecule has 1 aromatic rings. The lowest BCUT2D eigenvalue weighted by molar-refractivity contribution is -0.147. The second kappa shape index (κ2) is 4.81. The maximum atomic E-state index is 12.4. The highest BCUT2D eigenvalue weighted by molar-refractivity contribution is 6.22. The lowest BCUT2D eigenvalue weighted by Gasteiger charge is -2.36. The molecule has 100 valence electrons. The van der Waals surface area contributed by atoms with Gasteiger partial charge < -0.3 is 4.74 Å². The number of carbonyl (C=O) groups excluding carboxylic acids is 3. The van der Waals surface area contributed by atoms with Gasteiger partial charge in [0.15, 0.2) is 5.41 Å². The molecule has 2 rings (SSSR count). The van der Waals surface area contributed by atoms with Crippen molar-refractivity contribution < 1.29 is 19.1 Å². The summed E-state index contributed by atoms with van der Waals surface area (Å²) in [6, 6.07) is 7.86. The maximum absolute atomic E-state index is 12.4. The van der Waals surface area contributed by atoms with E-state index in [4.69, 9.17) is 4.74 Å². The number of ether oxygens (including phenoxy) is 1. The zero-order valence-electron chi connectivity index (χ0n) is 10.7. The van der Waals surface area contributed by atoms with Crippen LogP contribution in [0, 0.1) is 0 Å². The van der Waals surface area contributed by atoms with E-state index in [1.807, 2.05) is 0 Å². The van der Waals surface area contributed by atoms with Gasteiger partial charge >= 0.3 is 6.03 Å². The van der Waals surface area contributed by atoms with Gasteiger partial charge in [-0.05, 0) is 12.5 Å². The van der Waals surface area contributed by atoms with E-state index in [2.05, 4.69) is 5.32 Å². The minimum absolute atomic E-state index is 0.194. The molecule has 0 spiro atoms. The van der Waals surface area contributed by atoms with Gasteiger partial charge in [0, 0.05) is 7.11 Å². The summed E-state index contributed by atoms with van der Waals surface area (Å²) >= 11 is 0. The average molecular weight is 262 g/mol. The number of barbiturate groups is 1. The molecule has 1 fully saturated rings. The van der Waals surface area contributed by atoms with Crippen LogP contribution < -0.4 is 5.32 Å². The normalized spacial score (nSPS) is 23.5. The van der Waals surface area contributed by atoms with Crippen LogP contribution in [-0.2, 0) is 19.7 Å². The van der Waals surface area contributed by atoms with Crippen molar-refractivity contribution in [1.29, 1.82) is 0 Å². The molecule has 6 heteroatoms. The molecule has 0 aromatic heterocycles. The van der Waals surface area contributed by atoms with E-state index >= 15 is 0 Å². The Morgan fingerprint density at radius 1 is 1.21 bits per heavy atom. The number of imide groups is 2. The fraction of sp³-hybridized carbons (Fsp3) is 0.308. The summed E-state index contributed by atoms with van der Waals surface area (Å²) in [5.74, 6) is -1.21. The van der Waals surface area contributed by atoms with E-state index in [0.717, 1.165) is 4.90 Å². The van der Waals surface area contributed by atoms with E-state index in [9.17, 15) is 14.4 Å². The first-order chi connectivity index (χ1) is 9.01. The summed E-state index contributed by atoms with van der Waals surface area (Å²) in [6.45, 7) is 1.30. The van der Waals surface area contributed by atoms with Gasteiger partial charge in [-0.15, -0.1) is 0 Å². The number of benzene rings is 1. The van der Waals surface area contributed by atoms with Gasteiger partial charge in [0.1, 0.15) is 6.73 Å². The second-order valence-corrected chi connectivity index (χ2v) is 4.40. The Kier molecular flexibility index (Phi) is 3.35. The third-order valence-electron chi connectivity index (χ3n) is 3.20. The molecule has 1 aliphatic rings. The van der Waals surface area contributed by atoms with Crippen LogP contribution in [0.2, 0.25) is 0 Å².